The fraction of sp³-hybridized carbons (Fsp3) is 0.318. The molecule has 0 amide bonds. The lowest BCUT2D eigenvalue weighted by molar-refractivity contribution is 0.0686. The molecular weight excluding hydrogens is 388 g/mol. The smallest absolute Gasteiger partial charge is 0.277 e. The molecule has 0 spiro atoms. The number of aromatic nitrogens is 2. The molecule has 29 heavy (non-hydrogen) atoms. The summed E-state index contributed by atoms with van der Waals surface area (Å²) in [5.74, 6) is 2.02. The van der Waals surface area contributed by atoms with Gasteiger partial charge in [0.15, 0.2) is 17.3 Å². The number of para-hydroxylation sites is 2. The Hall–Kier alpha value is -2.80. The number of ether oxygens (including phenoxy) is 2. The van der Waals surface area contributed by atoms with Crippen molar-refractivity contribution < 1.29 is 18.7 Å². The van der Waals surface area contributed by atoms with E-state index in [2.05, 4.69) is 16.3 Å². The van der Waals surface area contributed by atoms with Crippen molar-refractivity contribution in [1.82, 2.24) is 10.2 Å². The fourth-order valence-corrected chi connectivity index (χ4v) is 4.33. The molecule has 3 aromatic rings. The van der Waals surface area contributed by atoms with Crippen molar-refractivity contribution in [2.75, 3.05) is 12.4 Å². The summed E-state index contributed by atoms with van der Waals surface area (Å²) in [6.45, 7) is 0.303. The van der Waals surface area contributed by atoms with Crippen LogP contribution < -0.4 is 9.47 Å². The summed E-state index contributed by atoms with van der Waals surface area (Å²) >= 11 is 1.25. The van der Waals surface area contributed by atoms with E-state index in [0.717, 1.165) is 18.4 Å². The van der Waals surface area contributed by atoms with Gasteiger partial charge in [0.25, 0.3) is 11.1 Å². The van der Waals surface area contributed by atoms with Gasteiger partial charge in [-0.3, -0.25) is 4.79 Å². The summed E-state index contributed by atoms with van der Waals surface area (Å²) in [4.78, 5) is 12.6. The van der Waals surface area contributed by atoms with E-state index in [4.69, 9.17) is 13.9 Å². The number of aryl methyl sites for hydroxylation is 2. The summed E-state index contributed by atoms with van der Waals surface area (Å²) in [5, 5.41) is 8.46. The second-order valence-corrected chi connectivity index (χ2v) is 8.10. The van der Waals surface area contributed by atoms with Crippen LogP contribution in [0.4, 0.5) is 0 Å². The van der Waals surface area contributed by atoms with Gasteiger partial charge in [-0.25, -0.2) is 0 Å². The van der Waals surface area contributed by atoms with Crippen molar-refractivity contribution in [3.05, 3.63) is 65.0 Å². The first-order valence-corrected chi connectivity index (χ1v) is 10.7. The van der Waals surface area contributed by atoms with Crippen LogP contribution in [-0.4, -0.2) is 28.3 Å². The first-order chi connectivity index (χ1) is 14.3. The van der Waals surface area contributed by atoms with Crippen LogP contribution in [-0.2, 0) is 12.8 Å². The van der Waals surface area contributed by atoms with Crippen molar-refractivity contribution in [2.45, 2.75) is 37.0 Å². The largest absolute Gasteiger partial charge is 0.485 e. The SMILES string of the molecule is O=C(CSc1nnc(C2COc3ccccc3O2)o1)c1ccc2c(c1)CCCC2. The van der Waals surface area contributed by atoms with E-state index in [0.29, 0.717) is 29.2 Å². The maximum Gasteiger partial charge on any atom is 0.277 e. The van der Waals surface area contributed by atoms with E-state index in [9.17, 15) is 4.79 Å². The first kappa shape index (κ1) is 18.2. The van der Waals surface area contributed by atoms with Crippen molar-refractivity contribution in [2.24, 2.45) is 0 Å². The summed E-state index contributed by atoms with van der Waals surface area (Å²) in [6, 6.07) is 13.5. The molecule has 1 unspecified atom stereocenters. The molecule has 0 saturated carbocycles. The van der Waals surface area contributed by atoms with Crippen molar-refractivity contribution in [1.29, 1.82) is 0 Å². The summed E-state index contributed by atoms with van der Waals surface area (Å²) in [7, 11) is 0. The number of thioether (sulfide) groups is 1. The number of carbonyl (C=O) groups is 1. The molecule has 6 nitrogen and oxygen atoms in total. The summed E-state index contributed by atoms with van der Waals surface area (Å²) in [6.07, 6.45) is 4.14. The van der Waals surface area contributed by atoms with Crippen LogP contribution >= 0.6 is 11.8 Å². The number of ketones is 1. The molecule has 1 aliphatic heterocycles. The number of nitrogens with zero attached hydrogens (tertiary/aromatic N) is 2. The molecule has 2 heterocycles. The third-order valence-electron chi connectivity index (χ3n) is 5.20. The number of hydrogen-bond donors (Lipinski definition) is 0. The maximum absolute atomic E-state index is 12.6. The Morgan fingerprint density at radius 1 is 1.03 bits per heavy atom. The van der Waals surface area contributed by atoms with Crippen molar-refractivity contribution >= 4 is 17.5 Å². The third kappa shape index (κ3) is 3.87. The highest BCUT2D eigenvalue weighted by Gasteiger charge is 2.27. The molecule has 0 saturated heterocycles. The Morgan fingerprint density at radius 3 is 2.76 bits per heavy atom. The highest BCUT2D eigenvalue weighted by molar-refractivity contribution is 7.99. The molecule has 0 N–H and O–H groups in total. The van der Waals surface area contributed by atoms with Gasteiger partial charge in [0.1, 0.15) is 6.61 Å². The lowest BCUT2D eigenvalue weighted by Crippen LogP contribution is -2.21. The Morgan fingerprint density at radius 2 is 1.86 bits per heavy atom. The number of Topliss-reactive ketones (excluding diaryl/α,β-unsaturated/α-hetero) is 1. The van der Waals surface area contributed by atoms with Gasteiger partial charge < -0.3 is 13.9 Å². The molecule has 2 aromatic carbocycles. The molecule has 1 aromatic heterocycles. The highest BCUT2D eigenvalue weighted by atomic mass is 32.2. The minimum Gasteiger partial charge on any atom is -0.485 e. The monoisotopic (exact) mass is 408 g/mol. The van der Waals surface area contributed by atoms with Crippen LogP contribution in [0.2, 0.25) is 0 Å². The first-order valence-electron chi connectivity index (χ1n) is 9.76. The van der Waals surface area contributed by atoms with Gasteiger partial charge in [-0.1, -0.05) is 36.0 Å². The predicted octanol–water partition coefficient (Wildman–Crippen LogP) is 4.44. The second-order valence-electron chi connectivity index (χ2n) is 7.17. The molecule has 0 fully saturated rings. The van der Waals surface area contributed by atoms with Crippen LogP contribution in [0.5, 0.6) is 11.5 Å². The molecular formula is C22H20N2O4S. The average Bonchev–Trinajstić information content (AvgIpc) is 3.26. The van der Waals surface area contributed by atoms with Crippen LogP contribution in [0.25, 0.3) is 0 Å². The van der Waals surface area contributed by atoms with E-state index in [1.54, 1.807) is 0 Å². The Balaban J connectivity index is 1.21. The van der Waals surface area contributed by atoms with E-state index in [1.165, 1.54) is 35.7 Å². The summed E-state index contributed by atoms with van der Waals surface area (Å²) in [5.41, 5.74) is 3.43. The van der Waals surface area contributed by atoms with E-state index in [1.807, 2.05) is 36.4 Å². The minimum absolute atomic E-state index is 0.0642. The van der Waals surface area contributed by atoms with E-state index in [-0.39, 0.29) is 11.5 Å². The Bertz CT molecular complexity index is 1050. The maximum atomic E-state index is 12.6. The number of benzene rings is 2. The number of hydrogen-bond acceptors (Lipinski definition) is 7. The number of fused-ring (bicyclic) bond motifs is 2. The molecule has 7 heteroatoms. The molecule has 1 aliphatic carbocycles. The normalized spacial score (nSPS) is 17.6. The molecule has 0 radical (unpaired) electrons. The Labute approximate surface area is 172 Å². The molecule has 2 aliphatic rings. The van der Waals surface area contributed by atoms with Gasteiger partial charge in [0.2, 0.25) is 6.10 Å². The third-order valence-corrected chi connectivity index (χ3v) is 6.02. The van der Waals surface area contributed by atoms with Crippen LogP contribution in [0.15, 0.2) is 52.1 Å². The lowest BCUT2D eigenvalue weighted by atomic mass is 9.90. The zero-order chi connectivity index (χ0) is 19.6. The average molecular weight is 408 g/mol. The van der Waals surface area contributed by atoms with E-state index < -0.39 is 6.10 Å². The minimum atomic E-state index is -0.455. The Kier molecular flexibility index (Phi) is 4.97. The topological polar surface area (TPSA) is 74.5 Å². The lowest BCUT2D eigenvalue weighted by Gasteiger charge is -2.23. The summed E-state index contributed by atoms with van der Waals surface area (Å²) < 4.78 is 17.3. The van der Waals surface area contributed by atoms with Crippen molar-refractivity contribution in [3.8, 4) is 11.5 Å². The van der Waals surface area contributed by atoms with Crippen LogP contribution in [0.1, 0.15) is 46.3 Å². The van der Waals surface area contributed by atoms with Crippen LogP contribution in [0.3, 0.4) is 0 Å². The zero-order valence-electron chi connectivity index (χ0n) is 15.8. The van der Waals surface area contributed by atoms with Gasteiger partial charge in [-0.05, 0) is 55.0 Å². The molecule has 0 bridgehead atoms. The van der Waals surface area contributed by atoms with Gasteiger partial charge in [0, 0.05) is 5.56 Å². The van der Waals surface area contributed by atoms with Gasteiger partial charge in [0.05, 0.1) is 5.75 Å². The quantitative estimate of drug-likeness (QED) is 0.456. The number of carbonyl (C=O) groups excluding carboxylic acids is 1. The van der Waals surface area contributed by atoms with Gasteiger partial charge >= 0.3 is 0 Å². The van der Waals surface area contributed by atoms with Gasteiger partial charge in [-0.15, -0.1) is 10.2 Å². The number of rotatable bonds is 5. The highest BCUT2D eigenvalue weighted by Crippen LogP contribution is 2.36. The predicted molar refractivity (Wildman–Crippen MR) is 108 cm³/mol. The standard InChI is InChI=1S/C22H20N2O4S/c25-17(16-10-9-14-5-1-2-6-15(14)11-16)13-29-22-24-23-21(28-22)20-12-26-18-7-3-4-8-19(18)27-20/h3-4,7-11,20H,1-2,5-6,12-13H2. The zero-order valence-corrected chi connectivity index (χ0v) is 16.6. The fourth-order valence-electron chi connectivity index (χ4n) is 3.67. The van der Waals surface area contributed by atoms with E-state index >= 15 is 0 Å². The van der Waals surface area contributed by atoms with Crippen molar-refractivity contribution in [3.63, 3.8) is 0 Å². The second kappa shape index (κ2) is 7.91. The van der Waals surface area contributed by atoms with Crippen LogP contribution in [0, 0.1) is 0 Å². The van der Waals surface area contributed by atoms with Gasteiger partial charge in [-0.2, -0.15) is 0 Å². The molecule has 5 rings (SSSR count). The molecule has 148 valence electrons. The molecule has 1 atom stereocenters.